The van der Waals surface area contributed by atoms with Gasteiger partial charge in [0.05, 0.1) is 17.0 Å². The molecule has 2 rings (SSSR count). The SMILES string of the molecule is CC1(NC(=O)/C=C/c2ccc(Cl)cc2Cl)CCS(=O)(=O)C1. The Morgan fingerprint density at radius 1 is 1.38 bits per heavy atom. The lowest BCUT2D eigenvalue weighted by atomic mass is 10.0. The summed E-state index contributed by atoms with van der Waals surface area (Å²) >= 11 is 11.8. The first-order chi connectivity index (χ1) is 9.69. The van der Waals surface area contributed by atoms with Gasteiger partial charge in [0, 0.05) is 16.1 Å². The highest BCUT2D eigenvalue weighted by Crippen LogP contribution is 2.24. The van der Waals surface area contributed by atoms with Gasteiger partial charge in [-0.15, -0.1) is 0 Å². The van der Waals surface area contributed by atoms with Gasteiger partial charge < -0.3 is 5.32 Å². The van der Waals surface area contributed by atoms with Gasteiger partial charge in [0.1, 0.15) is 0 Å². The Morgan fingerprint density at radius 2 is 2.10 bits per heavy atom. The van der Waals surface area contributed by atoms with Gasteiger partial charge in [0.2, 0.25) is 5.91 Å². The summed E-state index contributed by atoms with van der Waals surface area (Å²) in [6.07, 6.45) is 3.34. The van der Waals surface area contributed by atoms with E-state index >= 15 is 0 Å². The molecular formula is C14H15Cl2NO3S. The number of rotatable bonds is 3. The van der Waals surface area contributed by atoms with E-state index in [-0.39, 0.29) is 17.4 Å². The lowest BCUT2D eigenvalue weighted by Gasteiger charge is -2.22. The number of amides is 1. The molecule has 1 aliphatic heterocycles. The van der Waals surface area contributed by atoms with Gasteiger partial charge >= 0.3 is 0 Å². The number of hydrogen-bond acceptors (Lipinski definition) is 3. The first-order valence-corrected chi connectivity index (χ1v) is 8.93. The van der Waals surface area contributed by atoms with Crippen molar-refractivity contribution in [2.75, 3.05) is 11.5 Å². The first kappa shape index (κ1) is 16.3. The maximum atomic E-state index is 11.9. The van der Waals surface area contributed by atoms with Crippen molar-refractivity contribution in [2.45, 2.75) is 18.9 Å². The molecule has 0 aromatic heterocycles. The van der Waals surface area contributed by atoms with E-state index in [1.165, 1.54) is 6.08 Å². The summed E-state index contributed by atoms with van der Waals surface area (Å²) in [7, 11) is -3.05. The molecule has 1 atom stereocenters. The second-order valence-corrected chi connectivity index (χ2v) is 8.42. The molecule has 1 fully saturated rings. The molecule has 114 valence electrons. The van der Waals surface area contributed by atoms with Gasteiger partial charge in [-0.05, 0) is 37.1 Å². The lowest BCUT2D eigenvalue weighted by Crippen LogP contribution is -2.46. The van der Waals surface area contributed by atoms with Crippen LogP contribution in [0.1, 0.15) is 18.9 Å². The highest BCUT2D eigenvalue weighted by molar-refractivity contribution is 7.91. The molecule has 21 heavy (non-hydrogen) atoms. The molecule has 1 aromatic rings. The second kappa shape index (κ2) is 5.99. The fourth-order valence-corrected chi connectivity index (χ4v) is 4.81. The Morgan fingerprint density at radius 3 is 2.67 bits per heavy atom. The largest absolute Gasteiger partial charge is 0.346 e. The number of benzene rings is 1. The summed E-state index contributed by atoms with van der Waals surface area (Å²) in [4.78, 5) is 11.9. The number of carbonyl (C=O) groups excluding carboxylic acids is 1. The number of carbonyl (C=O) groups is 1. The fourth-order valence-electron chi connectivity index (χ4n) is 2.25. The van der Waals surface area contributed by atoms with Gasteiger partial charge in [-0.1, -0.05) is 29.3 Å². The van der Waals surface area contributed by atoms with Crippen LogP contribution in [-0.4, -0.2) is 31.4 Å². The predicted molar refractivity (Wildman–Crippen MR) is 85.3 cm³/mol. The Bertz CT molecular complexity index is 700. The van der Waals surface area contributed by atoms with E-state index in [1.54, 1.807) is 31.2 Å². The van der Waals surface area contributed by atoms with Crippen LogP contribution in [0.4, 0.5) is 0 Å². The number of nitrogens with one attached hydrogen (secondary N) is 1. The van der Waals surface area contributed by atoms with E-state index in [0.29, 0.717) is 22.0 Å². The number of sulfone groups is 1. The van der Waals surface area contributed by atoms with Crippen LogP contribution in [-0.2, 0) is 14.6 Å². The molecule has 0 radical (unpaired) electrons. The molecular weight excluding hydrogens is 333 g/mol. The van der Waals surface area contributed by atoms with E-state index in [9.17, 15) is 13.2 Å². The highest BCUT2D eigenvalue weighted by atomic mass is 35.5. The van der Waals surface area contributed by atoms with Crippen LogP contribution < -0.4 is 5.32 Å². The summed E-state index contributed by atoms with van der Waals surface area (Å²) in [6.45, 7) is 1.73. The van der Waals surface area contributed by atoms with Gasteiger partial charge in [-0.2, -0.15) is 0 Å². The molecule has 1 amide bonds. The van der Waals surface area contributed by atoms with Crippen molar-refractivity contribution in [3.8, 4) is 0 Å². The van der Waals surface area contributed by atoms with Crippen molar-refractivity contribution in [3.05, 3.63) is 39.9 Å². The third-order valence-electron chi connectivity index (χ3n) is 3.31. The molecule has 1 aromatic carbocycles. The van der Waals surface area contributed by atoms with Crippen LogP contribution in [0.3, 0.4) is 0 Å². The third kappa shape index (κ3) is 4.46. The van der Waals surface area contributed by atoms with Crippen molar-refractivity contribution in [1.29, 1.82) is 0 Å². The summed E-state index contributed by atoms with van der Waals surface area (Å²) in [5, 5.41) is 3.70. The standard InChI is InChI=1S/C14H15Cl2NO3S/c1-14(6-7-21(19,20)9-14)17-13(18)5-3-10-2-4-11(15)8-12(10)16/h2-5,8H,6-7,9H2,1H3,(H,17,18)/b5-3+. The van der Waals surface area contributed by atoms with Gasteiger partial charge in [0.25, 0.3) is 0 Å². The minimum atomic E-state index is -3.05. The van der Waals surface area contributed by atoms with Crippen LogP contribution in [0.5, 0.6) is 0 Å². The van der Waals surface area contributed by atoms with Crippen LogP contribution in [0.25, 0.3) is 6.08 Å². The zero-order chi connectivity index (χ0) is 15.7. The quantitative estimate of drug-likeness (QED) is 0.855. The predicted octanol–water partition coefficient (Wildman–Crippen LogP) is 2.70. The summed E-state index contributed by atoms with van der Waals surface area (Å²) < 4.78 is 23.0. The van der Waals surface area contributed by atoms with Crippen molar-refractivity contribution in [1.82, 2.24) is 5.32 Å². The summed E-state index contributed by atoms with van der Waals surface area (Å²) in [6, 6.07) is 4.97. The van der Waals surface area contributed by atoms with Crippen LogP contribution in [0.2, 0.25) is 10.0 Å². The van der Waals surface area contributed by atoms with Gasteiger partial charge in [-0.3, -0.25) is 4.79 Å². The second-order valence-electron chi connectivity index (χ2n) is 5.39. The minimum Gasteiger partial charge on any atom is -0.346 e. The third-order valence-corrected chi connectivity index (χ3v) is 5.77. The Kier molecular flexibility index (Phi) is 4.66. The van der Waals surface area contributed by atoms with Crippen LogP contribution in [0, 0.1) is 0 Å². The Hall–Kier alpha value is -1.04. The number of hydrogen-bond donors (Lipinski definition) is 1. The topological polar surface area (TPSA) is 63.2 Å². The van der Waals surface area contributed by atoms with Crippen molar-refractivity contribution in [2.24, 2.45) is 0 Å². The normalized spacial score (nSPS) is 24.3. The van der Waals surface area contributed by atoms with Crippen molar-refractivity contribution in [3.63, 3.8) is 0 Å². The molecule has 1 heterocycles. The molecule has 1 unspecified atom stereocenters. The van der Waals surface area contributed by atoms with Crippen molar-refractivity contribution >= 4 is 45.0 Å². The van der Waals surface area contributed by atoms with E-state index in [2.05, 4.69) is 5.32 Å². The molecule has 1 aliphatic rings. The monoisotopic (exact) mass is 347 g/mol. The zero-order valence-electron chi connectivity index (χ0n) is 11.4. The summed E-state index contributed by atoms with van der Waals surface area (Å²) in [5.74, 6) is -0.266. The average molecular weight is 348 g/mol. The molecule has 1 saturated heterocycles. The van der Waals surface area contributed by atoms with Crippen molar-refractivity contribution < 1.29 is 13.2 Å². The fraction of sp³-hybridized carbons (Fsp3) is 0.357. The van der Waals surface area contributed by atoms with Gasteiger partial charge in [-0.25, -0.2) is 8.42 Å². The molecule has 0 spiro atoms. The average Bonchev–Trinajstić information content (AvgIpc) is 2.62. The Balaban J connectivity index is 2.03. The van der Waals surface area contributed by atoms with Crippen LogP contribution >= 0.6 is 23.2 Å². The molecule has 0 aliphatic carbocycles. The minimum absolute atomic E-state index is 0.0265. The molecule has 4 nitrogen and oxygen atoms in total. The molecule has 1 N–H and O–H groups in total. The summed E-state index contributed by atoms with van der Waals surface area (Å²) in [5.41, 5.74) is -0.0373. The maximum Gasteiger partial charge on any atom is 0.244 e. The van der Waals surface area contributed by atoms with E-state index in [1.807, 2.05) is 0 Å². The zero-order valence-corrected chi connectivity index (χ0v) is 13.7. The molecule has 7 heteroatoms. The van der Waals surface area contributed by atoms with Crippen LogP contribution in [0.15, 0.2) is 24.3 Å². The van der Waals surface area contributed by atoms with Gasteiger partial charge in [0.15, 0.2) is 9.84 Å². The maximum absolute atomic E-state index is 11.9. The van der Waals surface area contributed by atoms with E-state index < -0.39 is 15.4 Å². The highest BCUT2D eigenvalue weighted by Gasteiger charge is 2.39. The van der Waals surface area contributed by atoms with E-state index in [0.717, 1.165) is 0 Å². The first-order valence-electron chi connectivity index (χ1n) is 6.35. The smallest absolute Gasteiger partial charge is 0.244 e. The van der Waals surface area contributed by atoms with E-state index in [4.69, 9.17) is 23.2 Å². The number of halogens is 2. The Labute approximate surface area is 134 Å². The molecule has 0 saturated carbocycles. The lowest BCUT2D eigenvalue weighted by molar-refractivity contribution is -0.117. The molecule has 0 bridgehead atoms.